The van der Waals surface area contributed by atoms with Crippen molar-refractivity contribution in [3.8, 4) is 0 Å². The molecule has 4 rings (SSSR count). The highest BCUT2D eigenvalue weighted by Gasteiger charge is 2.36. The Labute approximate surface area is 194 Å². The zero-order chi connectivity index (χ0) is 22.5. The molecule has 5 nitrogen and oxygen atoms in total. The van der Waals surface area contributed by atoms with Gasteiger partial charge in [-0.15, -0.1) is 11.3 Å². The van der Waals surface area contributed by atoms with Crippen LogP contribution < -0.4 is 10.2 Å². The Bertz CT molecular complexity index is 1050. The van der Waals surface area contributed by atoms with Crippen molar-refractivity contribution in [2.24, 2.45) is 7.05 Å². The van der Waals surface area contributed by atoms with Crippen molar-refractivity contribution < 1.29 is 9.59 Å². The maximum atomic E-state index is 13.8. The van der Waals surface area contributed by atoms with Crippen molar-refractivity contribution in [3.63, 3.8) is 0 Å². The van der Waals surface area contributed by atoms with Crippen molar-refractivity contribution in [3.05, 3.63) is 76.2 Å². The predicted octanol–water partition coefficient (Wildman–Crippen LogP) is 5.16. The van der Waals surface area contributed by atoms with Crippen LogP contribution in [0, 0.1) is 6.92 Å². The molecule has 168 valence electrons. The molecule has 1 N–H and O–H groups in total. The van der Waals surface area contributed by atoms with Crippen LogP contribution >= 0.6 is 11.3 Å². The van der Waals surface area contributed by atoms with Crippen molar-refractivity contribution in [2.75, 3.05) is 4.90 Å². The number of aryl methyl sites for hydroxylation is 2. The maximum absolute atomic E-state index is 13.8. The lowest BCUT2D eigenvalue weighted by molar-refractivity contribution is -0.127. The summed E-state index contributed by atoms with van der Waals surface area (Å²) >= 11 is 1.56. The summed E-state index contributed by atoms with van der Waals surface area (Å²) in [4.78, 5) is 30.2. The van der Waals surface area contributed by atoms with E-state index in [-0.39, 0.29) is 24.3 Å². The Balaban J connectivity index is 1.75. The number of amides is 2. The van der Waals surface area contributed by atoms with Crippen molar-refractivity contribution in [2.45, 2.75) is 57.5 Å². The number of nitrogens with one attached hydrogen (secondary N) is 1. The molecule has 1 aliphatic carbocycles. The van der Waals surface area contributed by atoms with Gasteiger partial charge >= 0.3 is 0 Å². The first kappa shape index (κ1) is 22.3. The highest BCUT2D eigenvalue weighted by Crippen LogP contribution is 2.32. The third-order valence-electron chi connectivity index (χ3n) is 6.27. The standard InChI is InChI=1S/C26H31N3O2S/c1-19-10-6-7-14-22(19)29(24(30)18-21-13-9-17-32-21)25(23-15-8-16-28(23)2)26(31)27-20-11-4-3-5-12-20/h6-10,13-17,20,25H,3-5,11-12,18H2,1-2H3,(H,27,31)/t25-/m1/s1. The highest BCUT2D eigenvalue weighted by molar-refractivity contribution is 7.10. The van der Waals surface area contributed by atoms with Gasteiger partial charge in [0.05, 0.1) is 12.1 Å². The normalized spacial score (nSPS) is 15.3. The average Bonchev–Trinajstić information content (AvgIpc) is 3.45. The largest absolute Gasteiger partial charge is 0.352 e. The van der Waals surface area contributed by atoms with Gasteiger partial charge < -0.3 is 9.88 Å². The number of hydrogen-bond donors (Lipinski definition) is 1. The van der Waals surface area contributed by atoms with Gasteiger partial charge in [-0.2, -0.15) is 0 Å². The van der Waals surface area contributed by atoms with E-state index in [0.717, 1.165) is 47.5 Å². The van der Waals surface area contributed by atoms with E-state index in [2.05, 4.69) is 5.32 Å². The molecule has 0 spiro atoms. The van der Waals surface area contributed by atoms with Crippen LogP contribution in [-0.2, 0) is 23.1 Å². The number of nitrogens with zero attached hydrogens (tertiary/aromatic N) is 2. The number of carbonyl (C=O) groups excluding carboxylic acids is 2. The minimum absolute atomic E-state index is 0.0771. The molecule has 3 aromatic rings. The molecule has 0 radical (unpaired) electrons. The summed E-state index contributed by atoms with van der Waals surface area (Å²) in [6, 6.07) is 15.0. The monoisotopic (exact) mass is 449 g/mol. The molecule has 1 aliphatic rings. The van der Waals surface area contributed by atoms with Gasteiger partial charge in [-0.05, 0) is 55.0 Å². The van der Waals surface area contributed by atoms with Gasteiger partial charge in [0.1, 0.15) is 0 Å². The number of hydrogen-bond acceptors (Lipinski definition) is 3. The minimum Gasteiger partial charge on any atom is -0.352 e. The van der Waals surface area contributed by atoms with Crippen LogP contribution in [0.1, 0.15) is 54.3 Å². The number of benzene rings is 1. The van der Waals surface area contributed by atoms with E-state index < -0.39 is 6.04 Å². The number of aromatic nitrogens is 1. The molecule has 1 fully saturated rings. The molecule has 6 heteroatoms. The summed E-state index contributed by atoms with van der Waals surface area (Å²) in [6.45, 7) is 1.99. The summed E-state index contributed by atoms with van der Waals surface area (Å²) in [5.74, 6) is -0.187. The molecule has 2 amide bonds. The lowest BCUT2D eigenvalue weighted by Crippen LogP contribution is -2.48. The fourth-order valence-electron chi connectivity index (χ4n) is 4.57. The first-order chi connectivity index (χ1) is 15.5. The van der Waals surface area contributed by atoms with Gasteiger partial charge in [-0.3, -0.25) is 14.5 Å². The summed E-state index contributed by atoms with van der Waals surface area (Å²) in [5, 5.41) is 5.25. The van der Waals surface area contributed by atoms with Gasteiger partial charge in [-0.25, -0.2) is 0 Å². The SMILES string of the molecule is Cc1ccccc1N(C(=O)Cc1cccs1)[C@@H](C(=O)NC1CCCCC1)c1cccn1C. The van der Waals surface area contributed by atoms with Gasteiger partial charge in [0.2, 0.25) is 11.8 Å². The lowest BCUT2D eigenvalue weighted by atomic mass is 9.95. The second-order valence-corrected chi connectivity index (χ2v) is 9.63. The molecule has 32 heavy (non-hydrogen) atoms. The number of carbonyl (C=O) groups is 2. The van der Waals surface area contributed by atoms with Gasteiger partial charge in [-0.1, -0.05) is 43.5 Å². The van der Waals surface area contributed by atoms with Crippen LogP contribution in [0.3, 0.4) is 0 Å². The van der Waals surface area contributed by atoms with E-state index in [1.165, 1.54) is 6.42 Å². The number of rotatable bonds is 7. The van der Waals surface area contributed by atoms with Crippen molar-refractivity contribution >= 4 is 28.8 Å². The molecular formula is C26H31N3O2S. The lowest BCUT2D eigenvalue weighted by Gasteiger charge is -2.34. The number of anilines is 1. The average molecular weight is 450 g/mol. The fraction of sp³-hybridized carbons (Fsp3) is 0.385. The van der Waals surface area contributed by atoms with E-state index in [0.29, 0.717) is 0 Å². The zero-order valence-electron chi connectivity index (χ0n) is 18.8. The quantitative estimate of drug-likeness (QED) is 0.542. The third-order valence-corrected chi connectivity index (χ3v) is 7.15. The van der Waals surface area contributed by atoms with E-state index in [4.69, 9.17) is 0 Å². The molecule has 0 unspecified atom stereocenters. The molecule has 1 aromatic carbocycles. The van der Waals surface area contributed by atoms with E-state index in [1.54, 1.807) is 16.2 Å². The Morgan fingerprint density at radius 3 is 2.53 bits per heavy atom. The summed E-state index contributed by atoms with van der Waals surface area (Å²) in [7, 11) is 1.93. The molecule has 1 atom stereocenters. The Morgan fingerprint density at radius 2 is 1.88 bits per heavy atom. The van der Waals surface area contributed by atoms with Crippen molar-refractivity contribution in [1.82, 2.24) is 9.88 Å². The van der Waals surface area contributed by atoms with E-state index in [9.17, 15) is 9.59 Å². The van der Waals surface area contributed by atoms with Crippen LogP contribution in [0.5, 0.6) is 0 Å². The van der Waals surface area contributed by atoms with Crippen LogP contribution in [0.25, 0.3) is 0 Å². The van der Waals surface area contributed by atoms with Crippen molar-refractivity contribution in [1.29, 1.82) is 0 Å². The summed E-state index contributed by atoms with van der Waals surface area (Å²) < 4.78 is 1.94. The van der Waals surface area contributed by atoms with Crippen LogP contribution in [0.2, 0.25) is 0 Å². The number of para-hydroxylation sites is 1. The molecule has 2 aromatic heterocycles. The summed E-state index contributed by atoms with van der Waals surface area (Å²) in [6.07, 6.45) is 7.69. The second-order valence-electron chi connectivity index (χ2n) is 8.60. The van der Waals surface area contributed by atoms with Crippen LogP contribution in [-0.4, -0.2) is 22.4 Å². The minimum atomic E-state index is -0.731. The van der Waals surface area contributed by atoms with E-state index in [1.807, 2.05) is 78.6 Å². The molecule has 1 saturated carbocycles. The molecule has 0 aliphatic heterocycles. The molecule has 2 heterocycles. The van der Waals surface area contributed by atoms with Crippen LogP contribution in [0.15, 0.2) is 60.1 Å². The van der Waals surface area contributed by atoms with E-state index >= 15 is 0 Å². The molecule has 0 saturated heterocycles. The Morgan fingerprint density at radius 1 is 1.09 bits per heavy atom. The Hall–Kier alpha value is -2.86. The highest BCUT2D eigenvalue weighted by atomic mass is 32.1. The van der Waals surface area contributed by atoms with Gasteiger partial charge in [0, 0.05) is 29.9 Å². The van der Waals surface area contributed by atoms with Gasteiger partial charge in [0.25, 0.3) is 0 Å². The zero-order valence-corrected chi connectivity index (χ0v) is 19.6. The topological polar surface area (TPSA) is 54.3 Å². The third kappa shape index (κ3) is 4.96. The van der Waals surface area contributed by atoms with Crippen LogP contribution in [0.4, 0.5) is 5.69 Å². The predicted molar refractivity (Wildman–Crippen MR) is 130 cm³/mol. The smallest absolute Gasteiger partial charge is 0.249 e. The fourth-order valence-corrected chi connectivity index (χ4v) is 5.26. The molecule has 0 bridgehead atoms. The first-order valence-electron chi connectivity index (χ1n) is 11.4. The number of thiophene rings is 1. The molecular weight excluding hydrogens is 418 g/mol. The first-order valence-corrected chi connectivity index (χ1v) is 12.2. The van der Waals surface area contributed by atoms with Gasteiger partial charge in [0.15, 0.2) is 6.04 Å². The maximum Gasteiger partial charge on any atom is 0.249 e. The second kappa shape index (κ2) is 10.2. The summed E-state index contributed by atoms with van der Waals surface area (Å²) in [5.41, 5.74) is 2.55. The Kier molecular flexibility index (Phi) is 7.10.